The summed E-state index contributed by atoms with van der Waals surface area (Å²) in [6, 6.07) is 9.06. The average molecular weight is 431 g/mol. The van der Waals surface area contributed by atoms with Gasteiger partial charge in [-0.3, -0.25) is 4.90 Å². The van der Waals surface area contributed by atoms with E-state index in [-0.39, 0.29) is 29.8 Å². The monoisotopic (exact) mass is 430 g/mol. The van der Waals surface area contributed by atoms with Gasteiger partial charge in [0.25, 0.3) is 0 Å². The van der Waals surface area contributed by atoms with Gasteiger partial charge in [0.1, 0.15) is 10.7 Å². The molecule has 0 unspecified atom stereocenters. The van der Waals surface area contributed by atoms with E-state index in [2.05, 4.69) is 9.88 Å². The summed E-state index contributed by atoms with van der Waals surface area (Å²) < 4.78 is 39.7. The Hall–Kier alpha value is -2.36. The van der Waals surface area contributed by atoms with Gasteiger partial charge in [-0.15, -0.1) is 0 Å². The highest BCUT2D eigenvalue weighted by Crippen LogP contribution is 2.38. The third-order valence-corrected chi connectivity index (χ3v) is 8.27. The van der Waals surface area contributed by atoms with Crippen LogP contribution in [-0.2, 0) is 16.6 Å². The Bertz CT molecular complexity index is 1070. The second-order valence-corrected chi connectivity index (χ2v) is 10.2. The molecule has 0 aliphatic carbocycles. The summed E-state index contributed by atoms with van der Waals surface area (Å²) in [6.45, 7) is 6.27. The molecule has 160 valence electrons. The van der Waals surface area contributed by atoms with Crippen molar-refractivity contribution in [3.63, 3.8) is 0 Å². The van der Waals surface area contributed by atoms with Gasteiger partial charge >= 0.3 is 0 Å². The topological polar surface area (TPSA) is 75.2 Å². The molecule has 3 aliphatic heterocycles. The Morgan fingerprint density at radius 1 is 1.13 bits per heavy atom. The van der Waals surface area contributed by atoms with E-state index < -0.39 is 10.0 Å². The maximum atomic E-state index is 13.6. The van der Waals surface area contributed by atoms with E-state index in [1.54, 1.807) is 22.6 Å². The van der Waals surface area contributed by atoms with Crippen molar-refractivity contribution in [3.8, 4) is 11.5 Å². The highest BCUT2D eigenvalue weighted by atomic mass is 32.2. The van der Waals surface area contributed by atoms with E-state index >= 15 is 0 Å². The molecule has 0 amide bonds. The molecule has 9 heteroatoms. The molecule has 0 spiro atoms. The Kier molecular flexibility index (Phi) is 4.64. The first kappa shape index (κ1) is 19.6. The van der Waals surface area contributed by atoms with Crippen LogP contribution in [-0.4, -0.2) is 67.7 Å². The zero-order valence-corrected chi connectivity index (χ0v) is 18.2. The van der Waals surface area contributed by atoms with Gasteiger partial charge in [-0.2, -0.15) is 4.31 Å². The number of rotatable bonds is 3. The van der Waals surface area contributed by atoms with Crippen molar-refractivity contribution in [1.29, 1.82) is 0 Å². The maximum Gasteiger partial charge on any atom is 0.247 e. The van der Waals surface area contributed by atoms with E-state index in [1.165, 1.54) is 0 Å². The highest BCUT2D eigenvalue weighted by molar-refractivity contribution is 7.89. The third kappa shape index (κ3) is 3.03. The number of ether oxygens (including phenoxy) is 2. The molecule has 2 aromatic rings. The van der Waals surface area contributed by atoms with Crippen LogP contribution in [0.15, 0.2) is 41.4 Å². The lowest BCUT2D eigenvalue weighted by atomic mass is 10.1. The Balaban J connectivity index is 1.48. The minimum atomic E-state index is -3.64. The molecule has 0 N–H and O–H groups in total. The fourth-order valence-electron chi connectivity index (χ4n) is 4.86. The van der Waals surface area contributed by atoms with Gasteiger partial charge in [-0.05, 0) is 43.7 Å². The number of benzene rings is 1. The average Bonchev–Trinajstić information content (AvgIpc) is 3.32. The summed E-state index contributed by atoms with van der Waals surface area (Å²) in [5, 5.41) is 0. The van der Waals surface area contributed by atoms with Crippen LogP contribution in [0.5, 0.6) is 11.5 Å². The number of sulfonamides is 1. The van der Waals surface area contributed by atoms with Crippen LogP contribution < -0.4 is 14.4 Å². The van der Waals surface area contributed by atoms with Crippen LogP contribution in [0.2, 0.25) is 0 Å². The van der Waals surface area contributed by atoms with Crippen LogP contribution >= 0.6 is 0 Å². The first-order valence-corrected chi connectivity index (χ1v) is 11.6. The summed E-state index contributed by atoms with van der Waals surface area (Å²) in [5.74, 6) is 2.06. The van der Waals surface area contributed by atoms with Gasteiger partial charge < -0.3 is 14.4 Å². The van der Waals surface area contributed by atoms with E-state index in [9.17, 15) is 8.42 Å². The van der Waals surface area contributed by atoms with Crippen LogP contribution in [0, 0.1) is 0 Å². The maximum absolute atomic E-state index is 13.6. The zero-order chi connectivity index (χ0) is 21.0. The number of anilines is 1. The van der Waals surface area contributed by atoms with Crippen molar-refractivity contribution >= 4 is 15.8 Å². The largest absolute Gasteiger partial charge is 0.454 e. The van der Waals surface area contributed by atoms with Gasteiger partial charge in [0.05, 0.1) is 12.1 Å². The number of likely N-dealkylation sites (tertiary alicyclic amines) is 1. The molecule has 0 saturated carbocycles. The van der Waals surface area contributed by atoms with E-state index in [0.717, 1.165) is 30.2 Å². The zero-order valence-electron chi connectivity index (χ0n) is 17.4. The molecule has 3 aliphatic rings. The van der Waals surface area contributed by atoms with Gasteiger partial charge in [0.2, 0.25) is 16.8 Å². The summed E-state index contributed by atoms with van der Waals surface area (Å²) >= 11 is 0. The molecule has 8 nitrogen and oxygen atoms in total. The van der Waals surface area contributed by atoms with E-state index in [4.69, 9.17) is 9.47 Å². The second-order valence-electron chi connectivity index (χ2n) is 8.38. The minimum Gasteiger partial charge on any atom is -0.454 e. The summed E-state index contributed by atoms with van der Waals surface area (Å²) in [4.78, 5) is 9.07. The minimum absolute atomic E-state index is 0.0207. The fourth-order valence-corrected chi connectivity index (χ4v) is 6.89. The van der Waals surface area contributed by atoms with Gasteiger partial charge in [-0.25, -0.2) is 13.4 Å². The van der Waals surface area contributed by atoms with Gasteiger partial charge in [-0.1, -0.05) is 6.07 Å². The highest BCUT2D eigenvalue weighted by Gasteiger charge is 2.49. The van der Waals surface area contributed by atoms with Gasteiger partial charge in [0, 0.05) is 38.9 Å². The molecule has 4 heterocycles. The molecular weight excluding hydrogens is 404 g/mol. The van der Waals surface area contributed by atoms with E-state index in [1.807, 2.05) is 44.0 Å². The second kappa shape index (κ2) is 7.11. The summed E-state index contributed by atoms with van der Waals surface area (Å²) in [5.41, 5.74) is 1.12. The van der Waals surface area contributed by atoms with Crippen LogP contribution in [0.25, 0.3) is 0 Å². The van der Waals surface area contributed by atoms with Crippen LogP contribution in [0.3, 0.4) is 0 Å². The smallest absolute Gasteiger partial charge is 0.247 e. The SMILES string of the molecule is CC(C)N1[C@H]2CN(Cc3ccc4c(c3)OCO4)C[C@@H]2N(C)c2ncccc2S1(=O)=O. The van der Waals surface area contributed by atoms with Crippen molar-refractivity contribution in [3.05, 3.63) is 42.1 Å². The normalized spacial score (nSPS) is 25.3. The molecular formula is C21H26N4O4S. The first-order chi connectivity index (χ1) is 14.4. The van der Waals surface area contributed by atoms with Crippen molar-refractivity contribution in [1.82, 2.24) is 14.2 Å². The fraction of sp³-hybridized carbons (Fsp3) is 0.476. The molecule has 30 heavy (non-hydrogen) atoms. The lowest BCUT2D eigenvalue weighted by molar-refractivity contribution is 0.174. The molecule has 0 radical (unpaired) electrons. The number of hydrogen-bond acceptors (Lipinski definition) is 7. The standard InChI is InChI=1S/C21H26N4O4S/c1-14(2)25-17-12-24(10-15-6-7-18-19(9-15)29-13-28-18)11-16(17)23(3)21-20(30(25,26)27)5-4-8-22-21/h4-9,14,16-17H,10-13H2,1-3H3/t16-,17-/m0/s1. The molecule has 1 fully saturated rings. The molecule has 2 atom stereocenters. The van der Waals surface area contributed by atoms with E-state index in [0.29, 0.717) is 12.4 Å². The summed E-state index contributed by atoms with van der Waals surface area (Å²) in [7, 11) is -1.69. The number of hydrogen-bond donors (Lipinski definition) is 0. The Morgan fingerprint density at radius 2 is 1.90 bits per heavy atom. The molecule has 1 aromatic carbocycles. The molecule has 1 saturated heterocycles. The van der Waals surface area contributed by atoms with Crippen molar-refractivity contribution in [2.24, 2.45) is 0 Å². The quantitative estimate of drug-likeness (QED) is 0.736. The molecule has 5 rings (SSSR count). The van der Waals surface area contributed by atoms with Crippen LogP contribution in [0.4, 0.5) is 5.82 Å². The number of nitrogens with zero attached hydrogens (tertiary/aromatic N) is 4. The molecule has 0 bridgehead atoms. The Morgan fingerprint density at radius 3 is 2.70 bits per heavy atom. The first-order valence-electron chi connectivity index (χ1n) is 10.2. The Labute approximate surface area is 177 Å². The van der Waals surface area contributed by atoms with Crippen LogP contribution in [0.1, 0.15) is 19.4 Å². The van der Waals surface area contributed by atoms with Crippen molar-refractivity contribution < 1.29 is 17.9 Å². The number of likely N-dealkylation sites (N-methyl/N-ethyl adjacent to an activating group) is 1. The number of pyridine rings is 1. The van der Waals surface area contributed by atoms with Crippen molar-refractivity contribution in [2.45, 2.75) is 43.4 Å². The van der Waals surface area contributed by atoms with Crippen molar-refractivity contribution in [2.75, 3.05) is 31.8 Å². The summed E-state index contributed by atoms with van der Waals surface area (Å²) in [6.07, 6.45) is 1.66. The predicted molar refractivity (Wildman–Crippen MR) is 112 cm³/mol. The lowest BCUT2D eigenvalue weighted by Crippen LogP contribution is -2.52. The predicted octanol–water partition coefficient (Wildman–Crippen LogP) is 1.91. The number of fused-ring (bicyclic) bond motifs is 3. The number of aromatic nitrogens is 1. The van der Waals surface area contributed by atoms with Gasteiger partial charge in [0.15, 0.2) is 11.5 Å². The lowest BCUT2D eigenvalue weighted by Gasteiger charge is -2.34. The third-order valence-electron chi connectivity index (χ3n) is 6.15. The molecule has 1 aromatic heterocycles.